The molecular weight excluding hydrogens is 326 g/mol. The van der Waals surface area contributed by atoms with E-state index in [1.165, 1.54) is 21.7 Å². The maximum absolute atomic E-state index is 12.3. The predicted molar refractivity (Wildman–Crippen MR) is 72.7 cm³/mol. The lowest BCUT2D eigenvalue weighted by atomic mass is 10.5. The maximum Gasteiger partial charge on any atom is 0.245 e. The first-order valence-corrected chi connectivity index (χ1v) is 8.41. The van der Waals surface area contributed by atoms with Gasteiger partial charge in [0.15, 0.2) is 0 Å². The highest BCUT2D eigenvalue weighted by Crippen LogP contribution is 2.33. The van der Waals surface area contributed by atoms with Crippen LogP contribution in [0.4, 0.5) is 0 Å². The van der Waals surface area contributed by atoms with E-state index in [0.29, 0.717) is 21.8 Å². The predicted octanol–water partition coefficient (Wildman–Crippen LogP) is 2.42. The first kappa shape index (κ1) is 15.1. The van der Waals surface area contributed by atoms with Gasteiger partial charge in [0.25, 0.3) is 0 Å². The maximum atomic E-state index is 12.3. The highest BCUT2D eigenvalue weighted by atomic mass is 79.9. The summed E-state index contributed by atoms with van der Waals surface area (Å²) >= 11 is 4.49. The molecule has 1 aromatic rings. The van der Waals surface area contributed by atoms with E-state index >= 15 is 0 Å². The topological polar surface area (TPSA) is 57.6 Å². The second-order valence-electron chi connectivity index (χ2n) is 3.51. The van der Waals surface area contributed by atoms with Crippen molar-refractivity contribution in [3.05, 3.63) is 14.7 Å². The second-order valence-corrected chi connectivity index (χ2v) is 7.87. The van der Waals surface area contributed by atoms with Crippen molar-refractivity contribution >= 4 is 37.3 Å². The number of nitrogens with zero attached hydrogens (tertiary/aromatic N) is 1. The molecular formula is C10H16BrNO3S2. The van der Waals surface area contributed by atoms with Gasteiger partial charge in [0.2, 0.25) is 10.0 Å². The van der Waals surface area contributed by atoms with E-state index in [0.717, 1.165) is 6.42 Å². The molecule has 0 radical (unpaired) electrons. The molecule has 1 rings (SSSR count). The van der Waals surface area contributed by atoms with Gasteiger partial charge in [-0.25, -0.2) is 8.42 Å². The van der Waals surface area contributed by atoms with Gasteiger partial charge in [-0.1, -0.05) is 13.8 Å². The summed E-state index contributed by atoms with van der Waals surface area (Å²) in [5.74, 6) is 0. The molecule has 0 spiro atoms. The molecule has 0 aromatic carbocycles. The Morgan fingerprint density at radius 2 is 2.12 bits per heavy atom. The lowest BCUT2D eigenvalue weighted by Gasteiger charge is -2.19. The van der Waals surface area contributed by atoms with Crippen molar-refractivity contribution in [3.8, 4) is 0 Å². The average Bonchev–Trinajstić information content (AvgIpc) is 2.67. The van der Waals surface area contributed by atoms with Gasteiger partial charge in [0, 0.05) is 18.0 Å². The van der Waals surface area contributed by atoms with Crippen LogP contribution in [0.2, 0.25) is 0 Å². The second kappa shape index (κ2) is 6.29. The SMILES string of the molecule is CCCN(CC)S(=O)(=O)c1cc(CO)sc1Br. The highest BCUT2D eigenvalue weighted by molar-refractivity contribution is 9.11. The fourth-order valence-electron chi connectivity index (χ4n) is 1.49. The number of halogens is 1. The molecule has 0 unspecified atom stereocenters. The van der Waals surface area contributed by atoms with E-state index in [-0.39, 0.29) is 11.5 Å². The first-order valence-electron chi connectivity index (χ1n) is 5.36. The summed E-state index contributed by atoms with van der Waals surface area (Å²) in [6.45, 7) is 4.58. The molecule has 0 atom stereocenters. The summed E-state index contributed by atoms with van der Waals surface area (Å²) in [5.41, 5.74) is 0. The van der Waals surface area contributed by atoms with Gasteiger partial charge < -0.3 is 5.11 Å². The molecule has 0 amide bonds. The fraction of sp³-hybridized carbons (Fsp3) is 0.600. The van der Waals surface area contributed by atoms with E-state index < -0.39 is 10.0 Å². The zero-order chi connectivity index (χ0) is 13.1. The van der Waals surface area contributed by atoms with Crippen LogP contribution >= 0.6 is 27.3 Å². The summed E-state index contributed by atoms with van der Waals surface area (Å²) in [6, 6.07) is 1.53. The standard InChI is InChI=1S/C10H16BrNO3S2/c1-3-5-12(4-2)17(14,15)9-6-8(7-13)16-10(9)11/h6,13H,3-5,7H2,1-2H3. The largest absolute Gasteiger partial charge is 0.391 e. The van der Waals surface area contributed by atoms with Crippen LogP contribution in [0.1, 0.15) is 25.1 Å². The summed E-state index contributed by atoms with van der Waals surface area (Å²) in [5, 5.41) is 9.02. The van der Waals surface area contributed by atoms with E-state index in [4.69, 9.17) is 5.11 Å². The average molecular weight is 342 g/mol. The van der Waals surface area contributed by atoms with Crippen LogP contribution in [0.15, 0.2) is 14.7 Å². The number of hydrogen-bond donors (Lipinski definition) is 1. The van der Waals surface area contributed by atoms with Gasteiger partial charge in [-0.2, -0.15) is 4.31 Å². The molecule has 0 fully saturated rings. The van der Waals surface area contributed by atoms with Crippen LogP contribution in [-0.4, -0.2) is 30.9 Å². The Balaban J connectivity index is 3.15. The first-order chi connectivity index (χ1) is 7.97. The number of aliphatic hydroxyl groups is 1. The van der Waals surface area contributed by atoms with Crippen molar-refractivity contribution < 1.29 is 13.5 Å². The summed E-state index contributed by atoms with van der Waals surface area (Å²) in [7, 11) is -3.45. The van der Waals surface area contributed by atoms with Gasteiger partial charge in [-0.15, -0.1) is 11.3 Å². The molecule has 1 aromatic heterocycles. The summed E-state index contributed by atoms with van der Waals surface area (Å²) in [6.07, 6.45) is 0.779. The Hall–Kier alpha value is 0.0500. The van der Waals surface area contributed by atoms with Crippen LogP contribution in [0.3, 0.4) is 0 Å². The van der Waals surface area contributed by atoms with E-state index in [1.54, 1.807) is 0 Å². The van der Waals surface area contributed by atoms with Crippen LogP contribution < -0.4 is 0 Å². The lowest BCUT2D eigenvalue weighted by Crippen LogP contribution is -2.31. The van der Waals surface area contributed by atoms with Crippen molar-refractivity contribution in [3.63, 3.8) is 0 Å². The molecule has 0 aliphatic rings. The van der Waals surface area contributed by atoms with Gasteiger partial charge in [0.05, 0.1) is 10.4 Å². The minimum atomic E-state index is -3.45. The number of thiophene rings is 1. The zero-order valence-electron chi connectivity index (χ0n) is 9.81. The molecule has 4 nitrogen and oxygen atoms in total. The number of rotatable bonds is 6. The number of hydrogen-bond acceptors (Lipinski definition) is 4. The highest BCUT2D eigenvalue weighted by Gasteiger charge is 2.26. The Bertz CT molecular complexity index is 470. The molecule has 0 aliphatic carbocycles. The molecule has 17 heavy (non-hydrogen) atoms. The minimum absolute atomic E-state index is 0.140. The smallest absolute Gasteiger partial charge is 0.245 e. The monoisotopic (exact) mass is 341 g/mol. The van der Waals surface area contributed by atoms with E-state index in [2.05, 4.69) is 15.9 Å². The normalized spacial score (nSPS) is 12.3. The van der Waals surface area contributed by atoms with Crippen LogP contribution in [0, 0.1) is 0 Å². The number of aliphatic hydroxyl groups excluding tert-OH is 1. The van der Waals surface area contributed by atoms with Crippen LogP contribution in [0.5, 0.6) is 0 Å². The Morgan fingerprint density at radius 1 is 1.47 bits per heavy atom. The van der Waals surface area contributed by atoms with E-state index in [1.807, 2.05) is 13.8 Å². The lowest BCUT2D eigenvalue weighted by molar-refractivity contribution is 0.285. The van der Waals surface area contributed by atoms with E-state index in [9.17, 15) is 8.42 Å². The van der Waals surface area contributed by atoms with Gasteiger partial charge in [0.1, 0.15) is 4.90 Å². The Kier molecular flexibility index (Phi) is 5.59. The van der Waals surface area contributed by atoms with Crippen LogP contribution in [0.25, 0.3) is 0 Å². The van der Waals surface area contributed by atoms with Crippen molar-refractivity contribution in [1.82, 2.24) is 4.31 Å². The molecule has 0 saturated carbocycles. The van der Waals surface area contributed by atoms with Crippen molar-refractivity contribution in [2.24, 2.45) is 0 Å². The van der Waals surface area contributed by atoms with Crippen LogP contribution in [-0.2, 0) is 16.6 Å². The third-order valence-electron chi connectivity index (χ3n) is 2.31. The summed E-state index contributed by atoms with van der Waals surface area (Å²) < 4.78 is 26.6. The number of sulfonamides is 1. The summed E-state index contributed by atoms with van der Waals surface area (Å²) in [4.78, 5) is 0.893. The van der Waals surface area contributed by atoms with Crippen molar-refractivity contribution in [1.29, 1.82) is 0 Å². The van der Waals surface area contributed by atoms with Crippen molar-refractivity contribution in [2.75, 3.05) is 13.1 Å². The quantitative estimate of drug-likeness (QED) is 0.864. The molecule has 0 bridgehead atoms. The van der Waals surface area contributed by atoms with Gasteiger partial charge >= 0.3 is 0 Å². The third kappa shape index (κ3) is 3.29. The molecule has 7 heteroatoms. The van der Waals surface area contributed by atoms with Crippen molar-refractivity contribution in [2.45, 2.75) is 31.8 Å². The van der Waals surface area contributed by atoms with Gasteiger partial charge in [-0.05, 0) is 28.4 Å². The third-order valence-corrected chi connectivity index (χ3v) is 6.52. The molecule has 1 N–H and O–H groups in total. The van der Waals surface area contributed by atoms with Gasteiger partial charge in [-0.3, -0.25) is 0 Å². The minimum Gasteiger partial charge on any atom is -0.391 e. The molecule has 98 valence electrons. The zero-order valence-corrected chi connectivity index (χ0v) is 13.0. The molecule has 1 heterocycles. The molecule has 0 aliphatic heterocycles. The Labute approximate surface area is 114 Å². The fourth-order valence-corrected chi connectivity index (χ4v) is 5.52. The Morgan fingerprint density at radius 3 is 2.53 bits per heavy atom. The molecule has 0 saturated heterocycles.